The third-order valence-corrected chi connectivity index (χ3v) is 5.81. The number of nitrogens with zero attached hydrogens (tertiary/aromatic N) is 1. The molecule has 0 aliphatic carbocycles. The van der Waals surface area contributed by atoms with Gasteiger partial charge in [-0.05, 0) is 42.5 Å². The number of hydrogen-bond acceptors (Lipinski definition) is 3. The van der Waals surface area contributed by atoms with Crippen molar-refractivity contribution in [2.45, 2.75) is 16.2 Å². The largest absolute Gasteiger partial charge is 0.339 e. The summed E-state index contributed by atoms with van der Waals surface area (Å²) in [5, 5.41) is 3.86. The zero-order chi connectivity index (χ0) is 18.8. The molecule has 0 atom stereocenters. The molecular formula is C21H16Cl2N2OS. The van der Waals surface area contributed by atoms with Gasteiger partial charge >= 0.3 is 0 Å². The van der Waals surface area contributed by atoms with E-state index in [9.17, 15) is 4.79 Å². The Bertz CT molecular complexity index is 943. The molecule has 0 saturated carbocycles. The molecule has 6 heteroatoms. The van der Waals surface area contributed by atoms with Crippen molar-refractivity contribution in [1.29, 1.82) is 0 Å². The standard InChI is InChI=1S/C21H16Cl2N2OS/c22-14-11-15(23)13-16(12-14)24-21(26)9-10-25-17-5-1-3-7-19(17)27-20-8-4-2-6-18(20)25/h1-8,11-13H,9-10H2,(H,24,26). The number of hydrogen-bond donors (Lipinski definition) is 1. The van der Waals surface area contributed by atoms with Crippen molar-refractivity contribution in [2.75, 3.05) is 16.8 Å². The van der Waals surface area contributed by atoms with Crippen LogP contribution in [0.25, 0.3) is 0 Å². The predicted octanol–water partition coefficient (Wildman–Crippen LogP) is 6.62. The Morgan fingerprint density at radius 1 is 0.889 bits per heavy atom. The lowest BCUT2D eigenvalue weighted by Crippen LogP contribution is -2.25. The summed E-state index contributed by atoms with van der Waals surface area (Å²) in [5.41, 5.74) is 2.85. The zero-order valence-electron chi connectivity index (χ0n) is 14.3. The first kappa shape index (κ1) is 18.2. The fourth-order valence-electron chi connectivity index (χ4n) is 3.08. The summed E-state index contributed by atoms with van der Waals surface area (Å²) in [5.74, 6) is -0.0819. The molecule has 0 bridgehead atoms. The molecule has 3 nitrogen and oxygen atoms in total. The number of para-hydroxylation sites is 2. The monoisotopic (exact) mass is 414 g/mol. The fraction of sp³-hybridized carbons (Fsp3) is 0.0952. The highest BCUT2D eigenvalue weighted by Gasteiger charge is 2.23. The minimum Gasteiger partial charge on any atom is -0.339 e. The van der Waals surface area contributed by atoms with E-state index in [-0.39, 0.29) is 5.91 Å². The van der Waals surface area contributed by atoms with Crippen LogP contribution in [0.1, 0.15) is 6.42 Å². The average Bonchev–Trinajstić information content (AvgIpc) is 2.64. The first-order chi connectivity index (χ1) is 13.1. The van der Waals surface area contributed by atoms with Gasteiger partial charge in [0.15, 0.2) is 0 Å². The molecule has 1 aliphatic rings. The molecule has 0 saturated heterocycles. The Kier molecular flexibility index (Phi) is 5.30. The minimum absolute atomic E-state index is 0.0819. The first-order valence-corrected chi connectivity index (χ1v) is 10.1. The highest BCUT2D eigenvalue weighted by atomic mass is 35.5. The smallest absolute Gasteiger partial charge is 0.226 e. The lowest BCUT2D eigenvalue weighted by atomic mass is 10.2. The maximum Gasteiger partial charge on any atom is 0.226 e. The lowest BCUT2D eigenvalue weighted by molar-refractivity contribution is -0.116. The Labute approximate surface area is 172 Å². The molecule has 3 aromatic carbocycles. The van der Waals surface area contributed by atoms with Crippen molar-refractivity contribution >= 4 is 57.9 Å². The van der Waals surface area contributed by atoms with Crippen LogP contribution in [0, 0.1) is 0 Å². The van der Waals surface area contributed by atoms with Crippen molar-refractivity contribution in [3.8, 4) is 0 Å². The molecule has 0 radical (unpaired) electrons. The van der Waals surface area contributed by atoms with Crippen LogP contribution in [0.3, 0.4) is 0 Å². The molecule has 27 heavy (non-hydrogen) atoms. The number of anilines is 3. The van der Waals surface area contributed by atoms with E-state index in [4.69, 9.17) is 23.2 Å². The first-order valence-electron chi connectivity index (χ1n) is 8.49. The van der Waals surface area contributed by atoms with Crippen LogP contribution in [-0.4, -0.2) is 12.5 Å². The van der Waals surface area contributed by atoms with Gasteiger partial charge in [0, 0.05) is 38.5 Å². The van der Waals surface area contributed by atoms with E-state index in [0.717, 1.165) is 11.4 Å². The number of nitrogens with one attached hydrogen (secondary N) is 1. The van der Waals surface area contributed by atoms with Gasteiger partial charge in [-0.2, -0.15) is 0 Å². The quantitative estimate of drug-likeness (QED) is 0.519. The van der Waals surface area contributed by atoms with Crippen molar-refractivity contribution < 1.29 is 4.79 Å². The van der Waals surface area contributed by atoms with Crippen LogP contribution in [0.15, 0.2) is 76.5 Å². The maximum atomic E-state index is 12.5. The second-order valence-corrected chi connectivity index (χ2v) is 8.10. The van der Waals surface area contributed by atoms with Crippen LogP contribution < -0.4 is 10.2 Å². The van der Waals surface area contributed by atoms with Gasteiger partial charge in [0.1, 0.15) is 0 Å². The molecule has 1 heterocycles. The molecule has 0 unspecified atom stereocenters. The summed E-state index contributed by atoms with van der Waals surface area (Å²) < 4.78 is 0. The number of rotatable bonds is 4. The number of carbonyl (C=O) groups is 1. The summed E-state index contributed by atoms with van der Waals surface area (Å²) in [6, 6.07) is 21.5. The normalized spacial score (nSPS) is 12.3. The molecule has 136 valence electrons. The van der Waals surface area contributed by atoms with Gasteiger partial charge in [-0.1, -0.05) is 59.2 Å². The van der Waals surface area contributed by atoms with E-state index in [1.54, 1.807) is 30.0 Å². The van der Waals surface area contributed by atoms with Crippen molar-refractivity contribution in [1.82, 2.24) is 0 Å². The van der Waals surface area contributed by atoms with E-state index >= 15 is 0 Å². The topological polar surface area (TPSA) is 32.3 Å². The molecule has 4 rings (SSSR count). The highest BCUT2D eigenvalue weighted by molar-refractivity contribution is 7.99. The Hall–Kier alpha value is -2.14. The summed E-state index contributed by atoms with van der Waals surface area (Å²) >= 11 is 13.8. The Morgan fingerprint density at radius 3 is 2.04 bits per heavy atom. The van der Waals surface area contributed by atoms with Crippen molar-refractivity contribution in [3.63, 3.8) is 0 Å². The van der Waals surface area contributed by atoms with Crippen LogP contribution in [0.5, 0.6) is 0 Å². The summed E-state index contributed by atoms with van der Waals surface area (Å²) in [4.78, 5) is 17.1. The molecule has 0 aromatic heterocycles. The molecular weight excluding hydrogens is 399 g/mol. The van der Waals surface area contributed by atoms with E-state index in [1.165, 1.54) is 9.79 Å². The number of fused-ring (bicyclic) bond motifs is 2. The number of halogens is 2. The second-order valence-electron chi connectivity index (χ2n) is 6.15. The number of carbonyl (C=O) groups excluding carboxylic acids is 1. The van der Waals surface area contributed by atoms with E-state index in [1.807, 2.05) is 24.3 Å². The van der Waals surface area contributed by atoms with Gasteiger partial charge in [-0.15, -0.1) is 0 Å². The Morgan fingerprint density at radius 2 is 1.44 bits per heavy atom. The number of amides is 1. The van der Waals surface area contributed by atoms with Crippen LogP contribution in [0.4, 0.5) is 17.1 Å². The highest BCUT2D eigenvalue weighted by Crippen LogP contribution is 2.47. The average molecular weight is 415 g/mol. The number of benzene rings is 3. The third kappa shape index (κ3) is 4.08. The Balaban J connectivity index is 1.52. The van der Waals surface area contributed by atoms with Gasteiger partial charge in [-0.25, -0.2) is 0 Å². The van der Waals surface area contributed by atoms with E-state index in [0.29, 0.717) is 28.7 Å². The lowest BCUT2D eigenvalue weighted by Gasteiger charge is -2.32. The predicted molar refractivity (Wildman–Crippen MR) is 114 cm³/mol. The molecule has 1 aliphatic heterocycles. The molecule has 1 N–H and O–H groups in total. The zero-order valence-corrected chi connectivity index (χ0v) is 16.6. The summed E-state index contributed by atoms with van der Waals surface area (Å²) in [6.07, 6.45) is 0.345. The van der Waals surface area contributed by atoms with Gasteiger partial charge in [0.25, 0.3) is 0 Å². The van der Waals surface area contributed by atoms with Crippen molar-refractivity contribution in [3.05, 3.63) is 76.8 Å². The van der Waals surface area contributed by atoms with Gasteiger partial charge < -0.3 is 10.2 Å². The van der Waals surface area contributed by atoms with E-state index < -0.39 is 0 Å². The van der Waals surface area contributed by atoms with E-state index in [2.05, 4.69) is 34.5 Å². The maximum absolute atomic E-state index is 12.5. The molecule has 1 amide bonds. The second kappa shape index (κ2) is 7.85. The van der Waals surface area contributed by atoms with Gasteiger partial charge in [-0.3, -0.25) is 4.79 Å². The van der Waals surface area contributed by atoms with Gasteiger partial charge in [0.2, 0.25) is 5.91 Å². The summed E-state index contributed by atoms with van der Waals surface area (Å²) in [6.45, 7) is 0.578. The van der Waals surface area contributed by atoms with Crippen molar-refractivity contribution in [2.24, 2.45) is 0 Å². The molecule has 3 aromatic rings. The molecule has 0 spiro atoms. The van der Waals surface area contributed by atoms with Crippen LogP contribution in [0.2, 0.25) is 10.0 Å². The SMILES string of the molecule is O=C(CCN1c2ccccc2Sc2ccccc21)Nc1cc(Cl)cc(Cl)c1. The third-order valence-electron chi connectivity index (χ3n) is 4.24. The van der Waals surface area contributed by atoms with Gasteiger partial charge in [0.05, 0.1) is 11.4 Å². The van der Waals surface area contributed by atoms with Crippen LogP contribution >= 0.6 is 35.0 Å². The van der Waals surface area contributed by atoms with Crippen LogP contribution in [-0.2, 0) is 4.79 Å². The summed E-state index contributed by atoms with van der Waals surface area (Å²) in [7, 11) is 0. The fourth-order valence-corrected chi connectivity index (χ4v) is 4.71. The minimum atomic E-state index is -0.0819. The molecule has 0 fully saturated rings.